The van der Waals surface area contributed by atoms with Crippen molar-refractivity contribution >= 4 is 5.97 Å². The molecule has 0 atom stereocenters. The summed E-state index contributed by atoms with van der Waals surface area (Å²) in [4.78, 5) is 9.59. The number of esters is 1. The second kappa shape index (κ2) is 6.05. The number of carbonyl (C=O) groups is 1. The third kappa shape index (κ3) is 8.91. The minimum Gasteiger partial charge on any atom is -0.469 e. The van der Waals surface area contributed by atoms with E-state index in [1.807, 2.05) is 0 Å². The Bertz CT molecular complexity index is 44.1. The monoisotopic (exact) mass is 227 g/mol. The van der Waals surface area contributed by atoms with Crippen LogP contribution in [-0.4, -0.2) is 13.1 Å². The second-order valence-electron chi connectivity index (χ2n) is 0.696. The number of carbonyl (C=O) groups excluding carboxylic acids is 1. The number of ether oxygens (including phenoxy) is 1. The average Bonchev–Trinajstić information content (AvgIpc) is 1.38. The van der Waals surface area contributed by atoms with Crippen LogP contribution in [0.3, 0.4) is 0 Å². The normalized spacial score (nSPS) is 5.67. The Morgan fingerprint density at radius 2 is 1.83 bits per heavy atom. The van der Waals surface area contributed by atoms with Gasteiger partial charge in [-0.05, 0) is 0 Å². The summed E-state index contributed by atoms with van der Waals surface area (Å²) in [6, 6.07) is 0. The van der Waals surface area contributed by atoms with Crippen LogP contribution in [0.25, 0.3) is 0 Å². The summed E-state index contributed by atoms with van der Waals surface area (Å²) in [6.07, 6.45) is 0. The smallest absolute Gasteiger partial charge is 0.302 e. The Morgan fingerprint density at radius 1 is 1.67 bits per heavy atom. The molecule has 0 rings (SSSR count). The molecule has 2 nitrogen and oxygen atoms in total. The van der Waals surface area contributed by atoms with E-state index in [4.69, 9.17) is 0 Å². The zero-order chi connectivity index (χ0) is 4.28. The summed E-state index contributed by atoms with van der Waals surface area (Å²) in [5.41, 5.74) is 0. The SMILES string of the molecule is COC(C)=O.[Eu]. The Kier molecular flexibility index (Phi) is 10.2. The van der Waals surface area contributed by atoms with E-state index in [-0.39, 0.29) is 55.3 Å². The Labute approximate surface area is 77.8 Å². The molecule has 0 aliphatic rings. The Morgan fingerprint density at radius 3 is 1.83 bits per heavy atom. The molecule has 0 aliphatic carbocycles. The molecule has 6 heavy (non-hydrogen) atoms. The first-order chi connectivity index (χ1) is 2.27. The molecule has 0 aromatic heterocycles. The predicted molar refractivity (Wildman–Crippen MR) is 17.7 cm³/mol. The van der Waals surface area contributed by atoms with E-state index in [9.17, 15) is 4.79 Å². The fourth-order valence-electron chi connectivity index (χ4n) is 0. The summed E-state index contributed by atoms with van der Waals surface area (Å²) >= 11 is 0. The first kappa shape index (κ1) is 10.1. The van der Waals surface area contributed by atoms with Crippen LogP contribution >= 0.6 is 0 Å². The average molecular weight is 226 g/mol. The van der Waals surface area contributed by atoms with Crippen molar-refractivity contribution < 1.29 is 58.9 Å². The van der Waals surface area contributed by atoms with Gasteiger partial charge in [0.1, 0.15) is 0 Å². The molecular formula is C3H6EuO2. The van der Waals surface area contributed by atoms with Gasteiger partial charge in [-0.15, -0.1) is 0 Å². The molecule has 0 aliphatic heterocycles. The molecule has 37 valence electrons. The van der Waals surface area contributed by atoms with Gasteiger partial charge < -0.3 is 4.74 Å². The standard InChI is InChI=1S/C3H6O2.Eu/c1-3(4)5-2;/h1-2H3;. The zero-order valence-corrected chi connectivity index (χ0v) is 6.12. The van der Waals surface area contributed by atoms with Gasteiger partial charge in [-0.3, -0.25) is 4.79 Å². The van der Waals surface area contributed by atoms with Crippen molar-refractivity contribution in [2.24, 2.45) is 0 Å². The summed E-state index contributed by atoms with van der Waals surface area (Å²) in [6.45, 7) is 1.36. The molecule has 0 fully saturated rings. The van der Waals surface area contributed by atoms with Crippen molar-refractivity contribution in [3.63, 3.8) is 0 Å². The van der Waals surface area contributed by atoms with Gasteiger partial charge in [0.15, 0.2) is 0 Å². The fourth-order valence-corrected chi connectivity index (χ4v) is 0. The quantitative estimate of drug-likeness (QED) is 0.551. The molecule has 0 spiro atoms. The topological polar surface area (TPSA) is 26.3 Å². The van der Waals surface area contributed by atoms with Crippen molar-refractivity contribution in [1.29, 1.82) is 0 Å². The van der Waals surface area contributed by atoms with Crippen molar-refractivity contribution in [3.8, 4) is 0 Å². The summed E-state index contributed by atoms with van der Waals surface area (Å²) in [5.74, 6) is -0.245. The first-order valence-electron chi connectivity index (χ1n) is 1.32. The van der Waals surface area contributed by atoms with Crippen LogP contribution in [0, 0.1) is 49.4 Å². The summed E-state index contributed by atoms with van der Waals surface area (Å²) < 4.78 is 4.11. The number of hydrogen-bond acceptors (Lipinski definition) is 2. The van der Waals surface area contributed by atoms with Crippen molar-refractivity contribution in [2.45, 2.75) is 6.92 Å². The molecule has 0 saturated carbocycles. The minimum absolute atomic E-state index is 0. The third-order valence-corrected chi connectivity index (χ3v) is 0.287. The van der Waals surface area contributed by atoms with Gasteiger partial charge in [0.05, 0.1) is 7.11 Å². The zero-order valence-electron chi connectivity index (χ0n) is 3.69. The van der Waals surface area contributed by atoms with Crippen LogP contribution in [0.1, 0.15) is 6.92 Å². The van der Waals surface area contributed by atoms with Crippen LogP contribution in [0.2, 0.25) is 0 Å². The summed E-state index contributed by atoms with van der Waals surface area (Å²) in [5, 5.41) is 0. The predicted octanol–water partition coefficient (Wildman–Crippen LogP) is 0.179. The maximum absolute atomic E-state index is 9.59. The number of methoxy groups -OCH3 is 1. The number of hydrogen-bond donors (Lipinski definition) is 0. The van der Waals surface area contributed by atoms with Crippen molar-refractivity contribution in [2.75, 3.05) is 7.11 Å². The van der Waals surface area contributed by atoms with E-state index >= 15 is 0 Å². The van der Waals surface area contributed by atoms with Crippen LogP contribution in [0.15, 0.2) is 0 Å². The van der Waals surface area contributed by atoms with Gasteiger partial charge in [-0.1, -0.05) is 0 Å². The summed E-state index contributed by atoms with van der Waals surface area (Å²) in [7, 11) is 1.35. The third-order valence-electron chi connectivity index (χ3n) is 0.287. The molecule has 0 bridgehead atoms. The van der Waals surface area contributed by atoms with Crippen molar-refractivity contribution in [3.05, 3.63) is 0 Å². The molecule has 0 N–H and O–H groups in total. The van der Waals surface area contributed by atoms with Gasteiger partial charge in [0, 0.05) is 56.3 Å². The molecule has 0 saturated heterocycles. The first-order valence-corrected chi connectivity index (χ1v) is 1.32. The van der Waals surface area contributed by atoms with Gasteiger partial charge in [0.2, 0.25) is 0 Å². The molecule has 0 aromatic carbocycles. The van der Waals surface area contributed by atoms with Gasteiger partial charge in [-0.25, -0.2) is 0 Å². The van der Waals surface area contributed by atoms with Gasteiger partial charge in [0.25, 0.3) is 0 Å². The molecule has 3 heteroatoms. The second-order valence-corrected chi connectivity index (χ2v) is 0.696. The Balaban J connectivity index is 0. The molecule has 0 amide bonds. The molecule has 1 radical (unpaired) electrons. The molecule has 0 aromatic rings. The maximum Gasteiger partial charge on any atom is 0.302 e. The van der Waals surface area contributed by atoms with Crippen LogP contribution in [-0.2, 0) is 9.53 Å². The molecular weight excluding hydrogens is 220 g/mol. The van der Waals surface area contributed by atoms with E-state index in [2.05, 4.69) is 4.74 Å². The van der Waals surface area contributed by atoms with Gasteiger partial charge in [-0.2, -0.15) is 0 Å². The van der Waals surface area contributed by atoms with E-state index < -0.39 is 0 Å². The van der Waals surface area contributed by atoms with Crippen LogP contribution < -0.4 is 0 Å². The fraction of sp³-hybridized carbons (Fsp3) is 0.667. The molecule has 0 heterocycles. The molecule has 0 unspecified atom stereocenters. The minimum atomic E-state index is -0.245. The maximum atomic E-state index is 9.59. The Hall–Kier alpha value is 1.05. The van der Waals surface area contributed by atoms with E-state index in [0.717, 1.165) is 0 Å². The van der Waals surface area contributed by atoms with Crippen molar-refractivity contribution in [1.82, 2.24) is 0 Å². The number of rotatable bonds is 0. The van der Waals surface area contributed by atoms with Gasteiger partial charge >= 0.3 is 5.97 Å². The van der Waals surface area contributed by atoms with E-state index in [0.29, 0.717) is 0 Å². The van der Waals surface area contributed by atoms with E-state index in [1.165, 1.54) is 14.0 Å². The largest absolute Gasteiger partial charge is 0.469 e. The van der Waals surface area contributed by atoms with Crippen LogP contribution in [0.5, 0.6) is 0 Å². The van der Waals surface area contributed by atoms with Crippen LogP contribution in [0.4, 0.5) is 0 Å². The van der Waals surface area contributed by atoms with E-state index in [1.54, 1.807) is 0 Å².